The van der Waals surface area contributed by atoms with E-state index in [1.165, 1.54) is 27.4 Å². The van der Waals surface area contributed by atoms with Crippen molar-refractivity contribution in [3.8, 4) is 11.4 Å². The standard InChI is InChI=1S/C32H21NO2/c1-2-8-20(9-3-1)30-18-21-14-16-27-31(32(21)35-30)24-11-4-6-12-26(24)33(27)22-15-17-29-25(19-22)23-10-5-7-13-28(23)34-29/h1-17,19,30H,18H2. The third-order valence-electron chi connectivity index (χ3n) is 7.33. The largest absolute Gasteiger partial charge is 0.484 e. The normalized spacial score (nSPS) is 15.3. The SMILES string of the molecule is c1ccc(C2Cc3ccc4c(c3O2)c2ccccc2n4-c2ccc3oc4ccccc4c3c2)cc1. The number of ether oxygens (including phenoxy) is 1. The summed E-state index contributed by atoms with van der Waals surface area (Å²) in [6, 6.07) is 38.4. The zero-order valence-corrected chi connectivity index (χ0v) is 18.9. The van der Waals surface area contributed by atoms with Gasteiger partial charge < -0.3 is 13.7 Å². The molecule has 8 rings (SSSR count). The number of benzene rings is 5. The summed E-state index contributed by atoms with van der Waals surface area (Å²) >= 11 is 0. The summed E-state index contributed by atoms with van der Waals surface area (Å²) in [5.74, 6) is 1.01. The van der Waals surface area contributed by atoms with Crippen molar-refractivity contribution in [2.45, 2.75) is 12.5 Å². The lowest BCUT2D eigenvalue weighted by Crippen LogP contribution is -2.02. The lowest BCUT2D eigenvalue weighted by atomic mass is 10.0. The van der Waals surface area contributed by atoms with Gasteiger partial charge in [0.15, 0.2) is 0 Å². The van der Waals surface area contributed by atoms with E-state index in [-0.39, 0.29) is 6.10 Å². The van der Waals surface area contributed by atoms with E-state index in [0.29, 0.717) is 0 Å². The van der Waals surface area contributed by atoms with E-state index in [1.54, 1.807) is 0 Å². The minimum atomic E-state index is 0.0487. The predicted molar refractivity (Wildman–Crippen MR) is 142 cm³/mol. The van der Waals surface area contributed by atoms with Crippen LogP contribution >= 0.6 is 0 Å². The second-order valence-corrected chi connectivity index (χ2v) is 9.30. The van der Waals surface area contributed by atoms with Crippen LogP contribution in [0.5, 0.6) is 5.75 Å². The van der Waals surface area contributed by atoms with Crippen LogP contribution in [-0.4, -0.2) is 4.57 Å². The molecule has 0 aliphatic carbocycles. The molecule has 0 fully saturated rings. The maximum absolute atomic E-state index is 6.65. The van der Waals surface area contributed by atoms with Gasteiger partial charge in [0.05, 0.1) is 16.4 Å². The quantitative estimate of drug-likeness (QED) is 0.264. The van der Waals surface area contributed by atoms with Gasteiger partial charge in [0, 0.05) is 28.3 Å². The Morgan fingerprint density at radius 2 is 1.40 bits per heavy atom. The first-order valence-electron chi connectivity index (χ1n) is 12.0. The highest BCUT2D eigenvalue weighted by molar-refractivity contribution is 6.13. The maximum atomic E-state index is 6.65. The van der Waals surface area contributed by atoms with Crippen LogP contribution in [0.3, 0.4) is 0 Å². The van der Waals surface area contributed by atoms with Gasteiger partial charge in [0.25, 0.3) is 0 Å². The van der Waals surface area contributed by atoms with Crippen molar-refractivity contribution in [2.75, 3.05) is 0 Å². The molecule has 7 aromatic rings. The first kappa shape index (κ1) is 18.9. The van der Waals surface area contributed by atoms with E-state index in [9.17, 15) is 0 Å². The van der Waals surface area contributed by atoms with Gasteiger partial charge in [-0.3, -0.25) is 0 Å². The van der Waals surface area contributed by atoms with Crippen molar-refractivity contribution in [1.29, 1.82) is 0 Å². The third kappa shape index (κ3) is 2.66. The molecule has 35 heavy (non-hydrogen) atoms. The first-order chi connectivity index (χ1) is 17.3. The molecule has 0 radical (unpaired) electrons. The predicted octanol–water partition coefficient (Wildman–Crippen LogP) is 8.36. The summed E-state index contributed by atoms with van der Waals surface area (Å²) in [6.07, 6.45) is 0.939. The van der Waals surface area contributed by atoms with E-state index in [0.717, 1.165) is 45.3 Å². The minimum Gasteiger partial charge on any atom is -0.484 e. The number of nitrogens with zero attached hydrogens (tertiary/aromatic N) is 1. The maximum Gasteiger partial charge on any atom is 0.135 e. The van der Waals surface area contributed by atoms with E-state index in [1.807, 2.05) is 12.1 Å². The lowest BCUT2D eigenvalue weighted by molar-refractivity contribution is 0.241. The van der Waals surface area contributed by atoms with E-state index >= 15 is 0 Å². The Bertz CT molecular complexity index is 1910. The summed E-state index contributed by atoms with van der Waals surface area (Å²) in [4.78, 5) is 0. The molecule has 166 valence electrons. The molecule has 1 aliphatic rings. The van der Waals surface area contributed by atoms with Crippen LogP contribution in [0.1, 0.15) is 17.2 Å². The average Bonchev–Trinajstić information content (AvgIpc) is 3.60. The molecule has 3 nitrogen and oxygen atoms in total. The fourth-order valence-corrected chi connectivity index (χ4v) is 5.74. The molecule has 3 heteroatoms. The van der Waals surface area contributed by atoms with E-state index in [2.05, 4.69) is 102 Å². The van der Waals surface area contributed by atoms with Gasteiger partial charge in [0.1, 0.15) is 23.0 Å². The molecule has 0 saturated heterocycles. The Morgan fingerprint density at radius 3 is 2.31 bits per heavy atom. The number of furan rings is 1. The number of hydrogen-bond acceptors (Lipinski definition) is 2. The molecular formula is C32H21NO2. The average molecular weight is 452 g/mol. The van der Waals surface area contributed by atoms with Crippen LogP contribution in [0.2, 0.25) is 0 Å². The highest BCUT2D eigenvalue weighted by atomic mass is 16.5. The molecule has 0 amide bonds. The lowest BCUT2D eigenvalue weighted by Gasteiger charge is -2.11. The van der Waals surface area contributed by atoms with Crippen LogP contribution in [0.4, 0.5) is 0 Å². The smallest absolute Gasteiger partial charge is 0.135 e. The van der Waals surface area contributed by atoms with Gasteiger partial charge in [-0.1, -0.05) is 72.8 Å². The van der Waals surface area contributed by atoms with E-state index in [4.69, 9.17) is 9.15 Å². The molecule has 0 saturated carbocycles. The highest BCUT2D eigenvalue weighted by Gasteiger charge is 2.28. The van der Waals surface area contributed by atoms with Crippen molar-refractivity contribution >= 4 is 43.7 Å². The van der Waals surface area contributed by atoms with Crippen LogP contribution in [-0.2, 0) is 6.42 Å². The van der Waals surface area contributed by atoms with Gasteiger partial charge in [-0.2, -0.15) is 0 Å². The number of rotatable bonds is 2. The number of fused-ring (bicyclic) bond motifs is 8. The number of hydrogen-bond donors (Lipinski definition) is 0. The van der Waals surface area contributed by atoms with Crippen LogP contribution < -0.4 is 4.74 Å². The van der Waals surface area contributed by atoms with Crippen LogP contribution in [0, 0.1) is 0 Å². The van der Waals surface area contributed by atoms with Crippen LogP contribution in [0.15, 0.2) is 114 Å². The van der Waals surface area contributed by atoms with Gasteiger partial charge in [-0.05, 0) is 47.5 Å². The number of aromatic nitrogens is 1. The Hall–Kier alpha value is -4.50. The minimum absolute atomic E-state index is 0.0487. The topological polar surface area (TPSA) is 27.3 Å². The Balaban J connectivity index is 1.38. The monoisotopic (exact) mass is 451 g/mol. The molecule has 1 aliphatic heterocycles. The molecule has 2 aromatic heterocycles. The summed E-state index contributed by atoms with van der Waals surface area (Å²) < 4.78 is 15.1. The van der Waals surface area contributed by atoms with Crippen molar-refractivity contribution in [1.82, 2.24) is 4.57 Å². The van der Waals surface area contributed by atoms with Crippen molar-refractivity contribution in [2.24, 2.45) is 0 Å². The van der Waals surface area contributed by atoms with E-state index < -0.39 is 0 Å². The summed E-state index contributed by atoms with van der Waals surface area (Å²) in [7, 11) is 0. The molecule has 3 heterocycles. The third-order valence-corrected chi connectivity index (χ3v) is 7.33. The van der Waals surface area contributed by atoms with Gasteiger partial charge in [-0.25, -0.2) is 0 Å². The first-order valence-corrected chi connectivity index (χ1v) is 12.0. The summed E-state index contributed by atoms with van der Waals surface area (Å²) in [6.45, 7) is 0. The van der Waals surface area contributed by atoms with Gasteiger partial charge >= 0.3 is 0 Å². The molecule has 0 spiro atoms. The molecule has 1 atom stereocenters. The van der Waals surface area contributed by atoms with Crippen molar-refractivity contribution in [3.05, 3.63) is 120 Å². The van der Waals surface area contributed by atoms with Gasteiger partial charge in [0.2, 0.25) is 0 Å². The zero-order valence-electron chi connectivity index (χ0n) is 18.9. The number of para-hydroxylation sites is 2. The summed E-state index contributed by atoms with van der Waals surface area (Å²) in [5.41, 5.74) is 7.77. The molecule has 1 unspecified atom stereocenters. The Morgan fingerprint density at radius 1 is 0.629 bits per heavy atom. The van der Waals surface area contributed by atoms with Crippen molar-refractivity contribution < 1.29 is 9.15 Å². The van der Waals surface area contributed by atoms with Gasteiger partial charge in [-0.15, -0.1) is 0 Å². The molecule has 5 aromatic carbocycles. The Kier molecular flexibility index (Phi) is 3.78. The Labute approximate surface area is 201 Å². The second-order valence-electron chi connectivity index (χ2n) is 9.30. The summed E-state index contributed by atoms with van der Waals surface area (Å²) in [5, 5.41) is 4.67. The highest BCUT2D eigenvalue weighted by Crippen LogP contribution is 2.46. The van der Waals surface area contributed by atoms with Crippen LogP contribution in [0.25, 0.3) is 49.4 Å². The second kappa shape index (κ2) is 7.00. The fraction of sp³-hybridized carbons (Fsp3) is 0.0625. The zero-order chi connectivity index (χ0) is 22.9. The molecule has 0 bridgehead atoms. The van der Waals surface area contributed by atoms with Crippen molar-refractivity contribution in [3.63, 3.8) is 0 Å². The molecular weight excluding hydrogens is 430 g/mol. The molecule has 0 N–H and O–H groups in total. The fourth-order valence-electron chi connectivity index (χ4n) is 5.74.